The molecule has 0 aromatic rings. The highest BCUT2D eigenvalue weighted by Gasteiger charge is 2.26. The van der Waals surface area contributed by atoms with E-state index in [9.17, 15) is 0 Å². The first kappa shape index (κ1) is 20.2. The lowest BCUT2D eigenvalue weighted by molar-refractivity contribution is 0.109. The highest BCUT2D eigenvalue weighted by molar-refractivity contribution is 4.84. The van der Waals surface area contributed by atoms with Gasteiger partial charge in [0.05, 0.1) is 0 Å². The molecule has 2 aliphatic carbocycles. The van der Waals surface area contributed by atoms with Gasteiger partial charge in [0.25, 0.3) is 0 Å². The van der Waals surface area contributed by atoms with Crippen LogP contribution in [0.25, 0.3) is 0 Å². The van der Waals surface area contributed by atoms with Crippen molar-refractivity contribution in [2.24, 2.45) is 11.7 Å². The summed E-state index contributed by atoms with van der Waals surface area (Å²) in [5.41, 5.74) is 6.71. The highest BCUT2D eigenvalue weighted by atomic mass is 15.2. The Bertz CT molecular complexity index is 325. The maximum absolute atomic E-state index is 6.68. The van der Waals surface area contributed by atoms with Crippen molar-refractivity contribution >= 4 is 0 Å². The predicted molar refractivity (Wildman–Crippen MR) is 106 cm³/mol. The lowest BCUT2D eigenvalue weighted by Gasteiger charge is -2.39. The average molecular weight is 337 g/mol. The van der Waals surface area contributed by atoms with E-state index in [1.54, 1.807) is 0 Å². The van der Waals surface area contributed by atoms with Gasteiger partial charge >= 0.3 is 0 Å². The van der Waals surface area contributed by atoms with Gasteiger partial charge in [0, 0.05) is 24.2 Å². The van der Waals surface area contributed by atoms with Crippen molar-refractivity contribution in [2.75, 3.05) is 6.54 Å². The first-order chi connectivity index (χ1) is 11.5. The molecule has 1 atom stereocenters. The van der Waals surface area contributed by atoms with Gasteiger partial charge in [-0.15, -0.1) is 0 Å². The molecular formula is C22H44N2. The van der Waals surface area contributed by atoms with Gasteiger partial charge in [-0.25, -0.2) is 0 Å². The molecule has 2 aliphatic rings. The summed E-state index contributed by atoms with van der Waals surface area (Å²) in [6.07, 6.45) is 19.6. The van der Waals surface area contributed by atoms with Crippen LogP contribution in [-0.4, -0.2) is 29.1 Å². The number of hydrogen-bond donors (Lipinski definition) is 1. The van der Waals surface area contributed by atoms with Gasteiger partial charge in [-0.2, -0.15) is 0 Å². The summed E-state index contributed by atoms with van der Waals surface area (Å²) in [6, 6.07) is 1.47. The van der Waals surface area contributed by atoms with Crippen LogP contribution in [0.4, 0.5) is 0 Å². The fourth-order valence-electron chi connectivity index (χ4n) is 5.05. The summed E-state index contributed by atoms with van der Waals surface area (Å²) in [4.78, 5) is 2.76. The fourth-order valence-corrected chi connectivity index (χ4v) is 5.05. The minimum absolute atomic E-state index is 0.0243. The van der Waals surface area contributed by atoms with Crippen molar-refractivity contribution in [3.8, 4) is 0 Å². The van der Waals surface area contributed by atoms with Crippen LogP contribution in [-0.2, 0) is 0 Å². The van der Waals surface area contributed by atoms with Crippen molar-refractivity contribution in [3.63, 3.8) is 0 Å². The van der Waals surface area contributed by atoms with E-state index in [-0.39, 0.29) is 5.54 Å². The standard InChI is InChI=1S/C22H44N2/c1-19(2)24(21-14-8-5-9-15-21)18-17-22(3,23)16-10-13-20-11-6-4-7-12-20/h19-21H,4-18,23H2,1-3H3. The first-order valence-corrected chi connectivity index (χ1v) is 11.0. The second-order valence-electron chi connectivity index (χ2n) is 9.42. The molecule has 0 aliphatic heterocycles. The van der Waals surface area contributed by atoms with E-state index < -0.39 is 0 Å². The molecule has 0 bridgehead atoms. The highest BCUT2D eigenvalue weighted by Crippen LogP contribution is 2.30. The normalized spacial score (nSPS) is 23.8. The Morgan fingerprint density at radius 1 is 0.917 bits per heavy atom. The van der Waals surface area contributed by atoms with Crippen molar-refractivity contribution < 1.29 is 0 Å². The molecule has 2 nitrogen and oxygen atoms in total. The predicted octanol–water partition coefficient (Wildman–Crippen LogP) is 5.89. The number of nitrogens with zero attached hydrogens (tertiary/aromatic N) is 1. The van der Waals surface area contributed by atoms with Crippen LogP contribution in [0.15, 0.2) is 0 Å². The molecule has 0 heterocycles. The van der Waals surface area contributed by atoms with Crippen LogP contribution >= 0.6 is 0 Å². The van der Waals surface area contributed by atoms with Gasteiger partial charge in [0.15, 0.2) is 0 Å². The molecule has 1 unspecified atom stereocenters. The summed E-state index contributed by atoms with van der Waals surface area (Å²) >= 11 is 0. The second-order valence-corrected chi connectivity index (χ2v) is 9.42. The molecule has 0 aromatic heterocycles. The fraction of sp³-hybridized carbons (Fsp3) is 1.00. The van der Waals surface area contributed by atoms with Crippen molar-refractivity contribution in [1.82, 2.24) is 4.90 Å². The monoisotopic (exact) mass is 336 g/mol. The smallest absolute Gasteiger partial charge is 0.0138 e. The van der Waals surface area contributed by atoms with E-state index in [0.29, 0.717) is 6.04 Å². The zero-order valence-electron chi connectivity index (χ0n) is 16.9. The Balaban J connectivity index is 1.70. The molecular weight excluding hydrogens is 292 g/mol. The molecule has 0 spiro atoms. The third-order valence-electron chi connectivity index (χ3n) is 6.73. The van der Waals surface area contributed by atoms with Crippen molar-refractivity contribution in [1.29, 1.82) is 0 Å². The number of rotatable bonds is 9. The van der Waals surface area contributed by atoms with E-state index in [2.05, 4.69) is 25.7 Å². The molecule has 2 saturated carbocycles. The largest absolute Gasteiger partial charge is 0.325 e. The van der Waals surface area contributed by atoms with Crippen LogP contribution in [0.2, 0.25) is 0 Å². The second kappa shape index (κ2) is 10.2. The zero-order valence-corrected chi connectivity index (χ0v) is 16.9. The SMILES string of the molecule is CC(C)N(CCC(C)(N)CCCC1CCCCC1)C1CCCCC1. The number of hydrogen-bond acceptors (Lipinski definition) is 2. The van der Waals surface area contributed by atoms with Crippen LogP contribution < -0.4 is 5.73 Å². The molecule has 2 heteroatoms. The summed E-state index contributed by atoms with van der Waals surface area (Å²) in [5.74, 6) is 1.00. The summed E-state index contributed by atoms with van der Waals surface area (Å²) in [5, 5.41) is 0. The van der Waals surface area contributed by atoms with E-state index >= 15 is 0 Å². The van der Waals surface area contributed by atoms with Gasteiger partial charge in [-0.05, 0) is 52.4 Å². The lowest BCUT2D eigenvalue weighted by Crippen LogP contribution is -2.46. The van der Waals surface area contributed by atoms with Crippen molar-refractivity contribution in [2.45, 2.75) is 128 Å². The van der Waals surface area contributed by atoms with E-state index in [4.69, 9.17) is 5.73 Å². The molecule has 0 radical (unpaired) electrons. The molecule has 24 heavy (non-hydrogen) atoms. The molecule has 2 fully saturated rings. The zero-order chi connectivity index (χ0) is 17.4. The Hall–Kier alpha value is -0.0800. The maximum Gasteiger partial charge on any atom is 0.0138 e. The Labute approximate surface area is 151 Å². The molecule has 2 rings (SSSR count). The average Bonchev–Trinajstić information content (AvgIpc) is 2.56. The number of nitrogens with two attached hydrogens (primary N) is 1. The third kappa shape index (κ3) is 7.04. The van der Waals surface area contributed by atoms with Gasteiger partial charge in [0.2, 0.25) is 0 Å². The lowest BCUT2D eigenvalue weighted by atomic mass is 9.83. The van der Waals surface area contributed by atoms with Crippen LogP contribution in [0.5, 0.6) is 0 Å². The van der Waals surface area contributed by atoms with Crippen LogP contribution in [0, 0.1) is 5.92 Å². The van der Waals surface area contributed by atoms with E-state index in [0.717, 1.165) is 18.4 Å². The Morgan fingerprint density at radius 3 is 2.08 bits per heavy atom. The maximum atomic E-state index is 6.68. The summed E-state index contributed by atoms with van der Waals surface area (Å²) in [7, 11) is 0. The minimum Gasteiger partial charge on any atom is -0.325 e. The Kier molecular flexibility index (Phi) is 8.57. The molecule has 2 N–H and O–H groups in total. The van der Waals surface area contributed by atoms with Crippen molar-refractivity contribution in [3.05, 3.63) is 0 Å². The van der Waals surface area contributed by atoms with Gasteiger partial charge in [0.1, 0.15) is 0 Å². The Morgan fingerprint density at radius 2 is 1.50 bits per heavy atom. The molecule has 0 amide bonds. The van der Waals surface area contributed by atoms with Gasteiger partial charge in [-0.3, -0.25) is 4.90 Å². The minimum atomic E-state index is 0.0243. The summed E-state index contributed by atoms with van der Waals surface area (Å²) in [6.45, 7) is 8.23. The summed E-state index contributed by atoms with van der Waals surface area (Å²) < 4.78 is 0. The first-order valence-electron chi connectivity index (χ1n) is 11.0. The third-order valence-corrected chi connectivity index (χ3v) is 6.73. The van der Waals surface area contributed by atoms with Crippen LogP contribution in [0.3, 0.4) is 0 Å². The quantitative estimate of drug-likeness (QED) is 0.569. The molecule has 0 aromatic carbocycles. The topological polar surface area (TPSA) is 29.3 Å². The molecule has 0 saturated heterocycles. The van der Waals surface area contributed by atoms with Gasteiger partial charge < -0.3 is 5.73 Å². The van der Waals surface area contributed by atoms with E-state index in [1.807, 2.05) is 0 Å². The van der Waals surface area contributed by atoms with E-state index in [1.165, 1.54) is 90.0 Å². The van der Waals surface area contributed by atoms with Crippen LogP contribution in [0.1, 0.15) is 111 Å². The molecule has 142 valence electrons. The van der Waals surface area contributed by atoms with Gasteiger partial charge in [-0.1, -0.05) is 64.2 Å².